The fourth-order valence-corrected chi connectivity index (χ4v) is 3.64. The molecule has 1 atom stereocenters. The van der Waals surface area contributed by atoms with Gasteiger partial charge in [-0.3, -0.25) is 19.1 Å². The molecule has 0 aliphatic carbocycles. The number of rotatable bonds is 7. The van der Waals surface area contributed by atoms with E-state index in [2.05, 4.69) is 10.1 Å². The number of aromatic amines is 1. The van der Waals surface area contributed by atoms with Gasteiger partial charge in [-0.15, -0.1) is 0 Å². The zero-order valence-electron chi connectivity index (χ0n) is 18.0. The van der Waals surface area contributed by atoms with E-state index in [1.165, 1.54) is 26.2 Å². The van der Waals surface area contributed by atoms with Crippen LogP contribution in [0.25, 0.3) is 0 Å². The normalized spacial score (nSPS) is 15.7. The molecule has 1 aliphatic rings. The van der Waals surface area contributed by atoms with Crippen LogP contribution in [0.15, 0.2) is 32.9 Å². The highest BCUT2D eigenvalue weighted by Gasteiger charge is 2.36. The van der Waals surface area contributed by atoms with E-state index in [1.54, 1.807) is 18.2 Å². The van der Waals surface area contributed by atoms with Crippen molar-refractivity contribution in [1.29, 1.82) is 0 Å². The van der Waals surface area contributed by atoms with Crippen molar-refractivity contribution in [2.24, 2.45) is 5.10 Å². The van der Waals surface area contributed by atoms with Crippen LogP contribution in [0.3, 0.4) is 0 Å². The molecule has 166 valence electrons. The highest BCUT2D eigenvalue weighted by Crippen LogP contribution is 2.39. The molecule has 0 spiro atoms. The van der Waals surface area contributed by atoms with Crippen molar-refractivity contribution >= 4 is 11.6 Å². The molecular weight excluding hydrogens is 404 g/mol. The predicted molar refractivity (Wildman–Crippen MR) is 114 cm³/mol. The molecule has 0 bridgehead atoms. The summed E-state index contributed by atoms with van der Waals surface area (Å²) in [5, 5.41) is 16.3. The number of benzene rings is 1. The number of hydrogen-bond acceptors (Lipinski definition) is 7. The number of aromatic nitrogens is 2. The molecule has 10 nitrogen and oxygen atoms in total. The number of amides is 1. The molecule has 2 N–H and O–H groups in total. The van der Waals surface area contributed by atoms with Crippen LogP contribution in [-0.2, 0) is 11.3 Å². The van der Waals surface area contributed by atoms with Crippen molar-refractivity contribution in [2.75, 3.05) is 14.2 Å². The molecule has 1 unspecified atom stereocenters. The van der Waals surface area contributed by atoms with Gasteiger partial charge in [0, 0.05) is 25.5 Å². The molecule has 2 aromatic rings. The van der Waals surface area contributed by atoms with E-state index in [0.717, 1.165) is 11.0 Å². The lowest BCUT2D eigenvalue weighted by Gasteiger charge is -2.22. The van der Waals surface area contributed by atoms with Crippen molar-refractivity contribution in [3.8, 4) is 17.4 Å². The zero-order chi connectivity index (χ0) is 22.7. The lowest BCUT2D eigenvalue weighted by Crippen LogP contribution is -2.33. The van der Waals surface area contributed by atoms with Crippen LogP contribution in [0.1, 0.15) is 50.3 Å². The summed E-state index contributed by atoms with van der Waals surface area (Å²) in [4.78, 5) is 39.3. The molecule has 0 saturated carbocycles. The number of hydrogen-bond donors (Lipinski definition) is 2. The number of nitrogens with one attached hydrogen (secondary N) is 1. The van der Waals surface area contributed by atoms with Gasteiger partial charge in [-0.1, -0.05) is 13.3 Å². The van der Waals surface area contributed by atoms with E-state index in [9.17, 15) is 19.5 Å². The van der Waals surface area contributed by atoms with E-state index in [1.807, 2.05) is 6.92 Å². The monoisotopic (exact) mass is 430 g/mol. The summed E-state index contributed by atoms with van der Waals surface area (Å²) in [5.74, 6) is 0.295. The van der Waals surface area contributed by atoms with Gasteiger partial charge in [-0.05, 0) is 24.6 Å². The summed E-state index contributed by atoms with van der Waals surface area (Å²) in [6.07, 6.45) is 1.59. The van der Waals surface area contributed by atoms with Gasteiger partial charge in [-0.2, -0.15) is 5.10 Å². The summed E-state index contributed by atoms with van der Waals surface area (Å²) in [7, 11) is 3.04. The van der Waals surface area contributed by atoms with Crippen molar-refractivity contribution in [3.05, 3.63) is 50.2 Å². The number of aromatic hydroxyl groups is 1. The molecule has 0 fully saturated rings. The van der Waals surface area contributed by atoms with Gasteiger partial charge in [-0.25, -0.2) is 9.80 Å². The topological polar surface area (TPSA) is 126 Å². The summed E-state index contributed by atoms with van der Waals surface area (Å²) >= 11 is 0. The van der Waals surface area contributed by atoms with Crippen LogP contribution >= 0.6 is 0 Å². The van der Waals surface area contributed by atoms with Gasteiger partial charge in [0.15, 0.2) is 0 Å². The first-order chi connectivity index (χ1) is 14.8. The molecule has 1 aliphatic heterocycles. The lowest BCUT2D eigenvalue weighted by atomic mass is 9.98. The third-order valence-corrected chi connectivity index (χ3v) is 5.22. The van der Waals surface area contributed by atoms with E-state index in [0.29, 0.717) is 23.5 Å². The number of hydrazone groups is 1. The first kappa shape index (κ1) is 22.1. The average Bonchev–Trinajstić information content (AvgIpc) is 3.18. The van der Waals surface area contributed by atoms with Crippen LogP contribution in [0.2, 0.25) is 0 Å². The Morgan fingerprint density at radius 2 is 2.03 bits per heavy atom. The van der Waals surface area contributed by atoms with E-state index in [4.69, 9.17) is 9.47 Å². The van der Waals surface area contributed by atoms with Gasteiger partial charge < -0.3 is 14.6 Å². The van der Waals surface area contributed by atoms with Gasteiger partial charge in [0.1, 0.15) is 17.1 Å². The Kier molecular flexibility index (Phi) is 6.47. The van der Waals surface area contributed by atoms with E-state index in [-0.39, 0.29) is 30.1 Å². The smallest absolute Gasteiger partial charge is 0.331 e. The Balaban J connectivity index is 2.10. The van der Waals surface area contributed by atoms with Crippen molar-refractivity contribution in [3.63, 3.8) is 0 Å². The molecule has 3 rings (SSSR count). The largest absolute Gasteiger partial charge is 0.497 e. The van der Waals surface area contributed by atoms with Crippen LogP contribution in [-0.4, -0.2) is 45.5 Å². The molecular formula is C21H26N4O6. The number of carbonyl (C=O) groups excluding carboxylic acids is 1. The summed E-state index contributed by atoms with van der Waals surface area (Å²) in [6.45, 7) is 3.56. The second-order valence-electron chi connectivity index (χ2n) is 7.20. The fraction of sp³-hybridized carbons (Fsp3) is 0.429. The second kappa shape index (κ2) is 9.07. The van der Waals surface area contributed by atoms with Gasteiger partial charge in [0.05, 0.1) is 26.0 Å². The Morgan fingerprint density at radius 3 is 2.65 bits per heavy atom. The summed E-state index contributed by atoms with van der Waals surface area (Å²) < 4.78 is 11.9. The molecule has 1 aromatic carbocycles. The van der Waals surface area contributed by atoms with Crippen LogP contribution in [0.4, 0.5) is 0 Å². The SMILES string of the molecule is CCCCn1c(O)c(C2=NN(C(C)=O)C(c3cc(OC)ccc3OC)C2)c(=O)[nH]c1=O. The third kappa shape index (κ3) is 4.18. The number of carbonyl (C=O) groups is 1. The maximum Gasteiger partial charge on any atom is 0.331 e. The minimum atomic E-state index is -0.754. The zero-order valence-corrected chi connectivity index (χ0v) is 18.0. The molecule has 1 aromatic heterocycles. The van der Waals surface area contributed by atoms with E-state index < -0.39 is 23.2 Å². The van der Waals surface area contributed by atoms with Gasteiger partial charge in [0.2, 0.25) is 11.8 Å². The molecule has 0 radical (unpaired) electrons. The standard InChI is InChI=1S/C21H26N4O6/c1-5-6-9-24-20(28)18(19(27)22-21(24)29)15-11-16(25(23-15)12(2)26)14-10-13(30-3)7-8-17(14)31-4/h7-8,10,16,28H,5-6,9,11H2,1-4H3,(H,22,27,29). The molecule has 10 heteroatoms. The molecule has 0 saturated heterocycles. The minimum Gasteiger partial charge on any atom is -0.497 e. The Labute approximate surface area is 178 Å². The van der Waals surface area contributed by atoms with Crippen molar-refractivity contribution in [1.82, 2.24) is 14.6 Å². The maximum atomic E-state index is 12.6. The maximum absolute atomic E-state index is 12.6. The number of unbranched alkanes of at least 4 members (excludes halogenated alkanes) is 1. The molecule has 1 amide bonds. The summed E-state index contributed by atoms with van der Waals surface area (Å²) in [5.41, 5.74) is -0.713. The Morgan fingerprint density at radius 1 is 1.29 bits per heavy atom. The first-order valence-corrected chi connectivity index (χ1v) is 9.98. The van der Waals surface area contributed by atoms with Crippen molar-refractivity contribution in [2.45, 2.75) is 45.7 Å². The minimum absolute atomic E-state index is 0.119. The van der Waals surface area contributed by atoms with Crippen LogP contribution < -0.4 is 20.7 Å². The highest BCUT2D eigenvalue weighted by molar-refractivity contribution is 6.04. The van der Waals surface area contributed by atoms with Gasteiger partial charge in [0.25, 0.3) is 5.56 Å². The molecule has 31 heavy (non-hydrogen) atoms. The average molecular weight is 430 g/mol. The van der Waals surface area contributed by atoms with Crippen LogP contribution in [0.5, 0.6) is 17.4 Å². The second-order valence-corrected chi connectivity index (χ2v) is 7.20. The van der Waals surface area contributed by atoms with Crippen molar-refractivity contribution < 1.29 is 19.4 Å². The quantitative estimate of drug-likeness (QED) is 0.689. The number of ether oxygens (including phenoxy) is 2. The summed E-state index contributed by atoms with van der Waals surface area (Å²) in [6, 6.07) is 4.62. The molecule has 2 heterocycles. The fourth-order valence-electron chi connectivity index (χ4n) is 3.64. The Bertz CT molecular complexity index is 1130. The number of methoxy groups -OCH3 is 2. The van der Waals surface area contributed by atoms with Gasteiger partial charge >= 0.3 is 5.69 Å². The lowest BCUT2D eigenvalue weighted by molar-refractivity contribution is -0.130. The third-order valence-electron chi connectivity index (χ3n) is 5.22. The first-order valence-electron chi connectivity index (χ1n) is 9.98. The highest BCUT2D eigenvalue weighted by atomic mass is 16.5. The Hall–Kier alpha value is -3.56. The number of H-pyrrole nitrogens is 1. The van der Waals surface area contributed by atoms with E-state index >= 15 is 0 Å². The number of nitrogens with zero attached hydrogens (tertiary/aromatic N) is 3. The van der Waals surface area contributed by atoms with Crippen LogP contribution in [0, 0.1) is 0 Å². The predicted octanol–water partition coefficient (Wildman–Crippen LogP) is 1.76.